The predicted octanol–water partition coefficient (Wildman–Crippen LogP) is -0.0562. The molecule has 1 aliphatic heterocycles. The molecule has 0 saturated heterocycles. The van der Waals surface area contributed by atoms with Gasteiger partial charge in [-0.3, -0.25) is 10.6 Å². The minimum Gasteiger partial charge on any atom is -0.270 e. The van der Waals surface area contributed by atoms with Gasteiger partial charge in [-0.05, 0) is 12.1 Å². The van der Waals surface area contributed by atoms with E-state index in [2.05, 4.69) is 5.43 Å². The molecule has 0 bridgehead atoms. The van der Waals surface area contributed by atoms with E-state index in [0.717, 1.165) is 16.4 Å². The maximum atomic E-state index is 12.4. The van der Waals surface area contributed by atoms with E-state index in [1.54, 1.807) is 36.4 Å². The molecule has 21 heavy (non-hydrogen) atoms. The van der Waals surface area contributed by atoms with Gasteiger partial charge in [0, 0.05) is 18.2 Å². The molecule has 1 heterocycles. The van der Waals surface area contributed by atoms with Gasteiger partial charge in [-0.1, -0.05) is 29.4 Å². The Morgan fingerprint density at radius 1 is 1.38 bits per heavy atom. The quantitative estimate of drug-likeness (QED) is 0.593. The van der Waals surface area contributed by atoms with Crippen molar-refractivity contribution >= 4 is 16.0 Å². The highest BCUT2D eigenvalue weighted by molar-refractivity contribution is 7.85. The lowest BCUT2D eigenvalue weighted by Crippen LogP contribution is -2.58. The number of carbonyl (C=O) groups excluding carboxylic acids is 1. The second-order valence-electron chi connectivity index (χ2n) is 4.40. The number of nitrogens with two attached hydrogens (primary N) is 1. The number of nitrogens with one attached hydrogen (secondary N) is 1. The Morgan fingerprint density at radius 3 is 2.62 bits per heavy atom. The van der Waals surface area contributed by atoms with Crippen molar-refractivity contribution in [2.24, 2.45) is 5.84 Å². The van der Waals surface area contributed by atoms with Gasteiger partial charge in [0.15, 0.2) is 0 Å². The zero-order valence-electron chi connectivity index (χ0n) is 11.3. The van der Waals surface area contributed by atoms with Gasteiger partial charge in [-0.25, -0.2) is 10.4 Å². The summed E-state index contributed by atoms with van der Waals surface area (Å²) in [5.74, 6) is 4.94. The van der Waals surface area contributed by atoms with E-state index in [1.165, 1.54) is 6.20 Å². The molecule has 1 aromatic rings. The molecule has 1 amide bonds. The molecule has 0 saturated carbocycles. The zero-order valence-corrected chi connectivity index (χ0v) is 12.2. The van der Waals surface area contributed by atoms with Gasteiger partial charge in [0.2, 0.25) is 0 Å². The molecule has 1 unspecified atom stereocenters. The van der Waals surface area contributed by atoms with Gasteiger partial charge < -0.3 is 0 Å². The highest BCUT2D eigenvalue weighted by Crippen LogP contribution is 2.19. The third-order valence-electron chi connectivity index (χ3n) is 2.72. The molecule has 0 radical (unpaired) electrons. The van der Waals surface area contributed by atoms with E-state index in [9.17, 15) is 13.2 Å². The van der Waals surface area contributed by atoms with Crippen LogP contribution in [-0.4, -0.2) is 36.9 Å². The SMILES string of the molecule is CS(=O)(=O)ON1C(NN)CC=CN1C(=O)c1ccccc1. The lowest BCUT2D eigenvalue weighted by atomic mass is 10.2. The highest BCUT2D eigenvalue weighted by Gasteiger charge is 2.33. The average Bonchev–Trinajstić information content (AvgIpc) is 2.46. The lowest BCUT2D eigenvalue weighted by molar-refractivity contribution is -0.211. The topological polar surface area (TPSA) is 105 Å². The summed E-state index contributed by atoms with van der Waals surface area (Å²) in [6.45, 7) is 0. The fraction of sp³-hybridized carbons (Fsp3) is 0.250. The minimum absolute atomic E-state index is 0.380. The third-order valence-corrected chi connectivity index (χ3v) is 3.14. The van der Waals surface area contributed by atoms with Crippen LogP contribution in [0.5, 0.6) is 0 Å². The van der Waals surface area contributed by atoms with E-state index in [1.807, 2.05) is 0 Å². The Bertz CT molecular complexity index is 632. The van der Waals surface area contributed by atoms with E-state index < -0.39 is 22.2 Å². The molecule has 1 aliphatic rings. The number of benzene rings is 1. The number of hydrogen-bond acceptors (Lipinski definition) is 7. The maximum absolute atomic E-state index is 12.4. The fourth-order valence-electron chi connectivity index (χ4n) is 1.82. The van der Waals surface area contributed by atoms with Crippen LogP contribution in [0.1, 0.15) is 16.8 Å². The maximum Gasteiger partial charge on any atom is 0.282 e. The van der Waals surface area contributed by atoms with Gasteiger partial charge in [0.1, 0.15) is 6.17 Å². The number of hydrazine groups is 2. The van der Waals surface area contributed by atoms with E-state index in [0.29, 0.717) is 12.0 Å². The van der Waals surface area contributed by atoms with Crippen molar-refractivity contribution in [2.75, 3.05) is 6.26 Å². The van der Waals surface area contributed by atoms with Crippen molar-refractivity contribution in [1.82, 2.24) is 15.6 Å². The molecule has 0 fully saturated rings. The molecule has 0 aliphatic carbocycles. The summed E-state index contributed by atoms with van der Waals surface area (Å²) in [5.41, 5.74) is 2.79. The van der Waals surface area contributed by atoms with Crippen molar-refractivity contribution in [1.29, 1.82) is 0 Å². The van der Waals surface area contributed by atoms with Crippen LogP contribution in [0.15, 0.2) is 42.6 Å². The standard InChI is InChI=1S/C12H16N4O4S/c1-21(18,19)20-16-11(14-13)8-5-9-15(16)12(17)10-6-3-2-4-7-10/h2-7,9,11,14H,8,13H2,1H3. The number of nitrogens with zero attached hydrogens (tertiary/aromatic N) is 2. The van der Waals surface area contributed by atoms with Gasteiger partial charge in [0.25, 0.3) is 16.0 Å². The van der Waals surface area contributed by atoms with Crippen molar-refractivity contribution in [3.8, 4) is 0 Å². The molecular formula is C12H16N4O4S. The minimum atomic E-state index is -3.81. The number of hydroxylamine groups is 1. The van der Waals surface area contributed by atoms with Crippen molar-refractivity contribution in [3.05, 3.63) is 48.2 Å². The first-order chi connectivity index (χ1) is 9.92. The van der Waals surface area contributed by atoms with Crippen LogP contribution in [0.2, 0.25) is 0 Å². The summed E-state index contributed by atoms with van der Waals surface area (Å²) in [5, 5.41) is 1.97. The van der Waals surface area contributed by atoms with Crippen molar-refractivity contribution in [2.45, 2.75) is 12.6 Å². The summed E-state index contributed by atoms with van der Waals surface area (Å²) < 4.78 is 27.6. The smallest absolute Gasteiger partial charge is 0.270 e. The summed E-state index contributed by atoms with van der Waals surface area (Å²) in [6.07, 6.45) is 3.72. The summed E-state index contributed by atoms with van der Waals surface area (Å²) >= 11 is 0. The number of amides is 1. The normalized spacial score (nSPS) is 19.7. The van der Waals surface area contributed by atoms with E-state index in [-0.39, 0.29) is 0 Å². The monoisotopic (exact) mass is 312 g/mol. The summed E-state index contributed by atoms with van der Waals surface area (Å²) in [6, 6.07) is 8.43. The summed E-state index contributed by atoms with van der Waals surface area (Å²) in [7, 11) is -3.81. The number of hydrogen-bond donors (Lipinski definition) is 2. The van der Waals surface area contributed by atoms with Gasteiger partial charge in [-0.15, -0.1) is 0 Å². The van der Waals surface area contributed by atoms with E-state index >= 15 is 0 Å². The third kappa shape index (κ3) is 3.86. The van der Waals surface area contributed by atoms with Gasteiger partial charge in [0.05, 0.1) is 6.26 Å². The lowest BCUT2D eigenvalue weighted by Gasteiger charge is -2.37. The molecule has 9 heteroatoms. The second-order valence-corrected chi connectivity index (χ2v) is 5.96. The molecule has 0 spiro atoms. The first-order valence-electron chi connectivity index (χ1n) is 6.12. The predicted molar refractivity (Wildman–Crippen MR) is 75.2 cm³/mol. The molecule has 3 N–H and O–H groups in total. The van der Waals surface area contributed by atoms with Gasteiger partial charge in [-0.2, -0.15) is 12.7 Å². The average molecular weight is 312 g/mol. The van der Waals surface area contributed by atoms with E-state index in [4.69, 9.17) is 10.1 Å². The summed E-state index contributed by atoms with van der Waals surface area (Å²) in [4.78, 5) is 12.4. The molecule has 2 rings (SSSR count). The van der Waals surface area contributed by atoms with Gasteiger partial charge >= 0.3 is 0 Å². The number of rotatable bonds is 4. The molecule has 1 atom stereocenters. The Balaban J connectivity index is 2.32. The van der Waals surface area contributed by atoms with Crippen LogP contribution in [0.25, 0.3) is 0 Å². The van der Waals surface area contributed by atoms with Crippen LogP contribution in [-0.2, 0) is 14.4 Å². The van der Waals surface area contributed by atoms with Crippen molar-refractivity contribution < 1.29 is 17.5 Å². The van der Waals surface area contributed by atoms with Crippen molar-refractivity contribution in [3.63, 3.8) is 0 Å². The zero-order chi connectivity index (χ0) is 15.5. The first-order valence-corrected chi connectivity index (χ1v) is 7.94. The van der Waals surface area contributed by atoms with Crippen LogP contribution in [0.4, 0.5) is 0 Å². The second kappa shape index (κ2) is 6.33. The van der Waals surface area contributed by atoms with Crippen LogP contribution in [0.3, 0.4) is 0 Å². The molecule has 0 aromatic heterocycles. The Hall–Kier alpha value is -1.78. The molecule has 8 nitrogen and oxygen atoms in total. The van der Waals surface area contributed by atoms with Crippen LogP contribution in [0, 0.1) is 0 Å². The fourth-order valence-corrected chi connectivity index (χ4v) is 2.28. The van der Waals surface area contributed by atoms with Crippen LogP contribution >= 0.6 is 0 Å². The molecular weight excluding hydrogens is 296 g/mol. The Morgan fingerprint density at radius 2 is 2.05 bits per heavy atom. The first kappa shape index (κ1) is 15.6. The Kier molecular flexibility index (Phi) is 4.70. The number of carbonyl (C=O) groups is 1. The Labute approximate surface area is 122 Å². The molecule has 1 aromatic carbocycles. The molecule has 114 valence electrons. The highest BCUT2D eigenvalue weighted by atomic mass is 32.2. The van der Waals surface area contributed by atoms with Crippen LogP contribution < -0.4 is 11.3 Å². The largest absolute Gasteiger partial charge is 0.282 e.